The number of ether oxygens (including phenoxy) is 1. The zero-order chi connectivity index (χ0) is 15.9. The topological polar surface area (TPSA) is 93.5 Å². The number of nitrogens with two attached hydrogens (primary N) is 1. The van der Waals surface area contributed by atoms with Crippen LogP contribution in [0.3, 0.4) is 0 Å². The number of halogens is 1. The number of hydrogen-bond donors (Lipinski definition) is 3. The number of nitrogens with one attached hydrogen (secondary N) is 2. The highest BCUT2D eigenvalue weighted by Crippen LogP contribution is 2.23. The number of amides is 2. The van der Waals surface area contributed by atoms with Crippen LogP contribution in [0.4, 0.5) is 5.69 Å². The highest BCUT2D eigenvalue weighted by Gasteiger charge is 2.27. The molecule has 23 heavy (non-hydrogen) atoms. The minimum absolute atomic E-state index is 0. The fourth-order valence-electron chi connectivity index (χ4n) is 2.57. The molecular weight excluding hydrogens is 318 g/mol. The molecule has 0 spiro atoms. The van der Waals surface area contributed by atoms with Gasteiger partial charge in [0.25, 0.3) is 0 Å². The van der Waals surface area contributed by atoms with Crippen LogP contribution in [0.15, 0.2) is 24.3 Å². The van der Waals surface area contributed by atoms with Crippen LogP contribution in [-0.4, -0.2) is 31.0 Å². The molecule has 1 aromatic carbocycles. The Hall–Kier alpha value is -1.79. The largest absolute Gasteiger partial charge is 0.494 e. The van der Waals surface area contributed by atoms with Crippen LogP contribution in [0.5, 0.6) is 5.75 Å². The van der Waals surface area contributed by atoms with Gasteiger partial charge in [-0.05, 0) is 50.5 Å². The first kappa shape index (κ1) is 19.3. The van der Waals surface area contributed by atoms with Gasteiger partial charge in [-0.2, -0.15) is 0 Å². The first-order chi connectivity index (χ1) is 10.6. The Balaban J connectivity index is 0.00000264. The normalized spacial score (nSPS) is 19.6. The number of rotatable bonds is 6. The van der Waals surface area contributed by atoms with E-state index in [1.807, 2.05) is 6.92 Å². The molecule has 128 valence electrons. The summed E-state index contributed by atoms with van der Waals surface area (Å²) in [5.41, 5.74) is 6.46. The summed E-state index contributed by atoms with van der Waals surface area (Å²) in [5, 5.41) is 5.40. The van der Waals surface area contributed by atoms with Crippen molar-refractivity contribution in [1.29, 1.82) is 0 Å². The molecule has 2 unspecified atom stereocenters. The van der Waals surface area contributed by atoms with E-state index in [1.165, 1.54) is 0 Å². The lowest BCUT2D eigenvalue weighted by Crippen LogP contribution is -2.36. The maximum absolute atomic E-state index is 11.9. The second-order valence-electron chi connectivity index (χ2n) is 5.49. The number of anilines is 1. The van der Waals surface area contributed by atoms with Crippen LogP contribution in [0.1, 0.15) is 26.2 Å². The highest BCUT2D eigenvalue weighted by molar-refractivity contribution is 5.94. The van der Waals surface area contributed by atoms with Gasteiger partial charge in [-0.1, -0.05) is 0 Å². The molecule has 7 heteroatoms. The first-order valence-electron chi connectivity index (χ1n) is 7.64. The summed E-state index contributed by atoms with van der Waals surface area (Å²) in [5.74, 6) is 0.356. The third kappa shape index (κ3) is 6.08. The van der Waals surface area contributed by atoms with Crippen LogP contribution < -0.4 is 21.1 Å². The molecule has 0 aliphatic heterocycles. The second-order valence-corrected chi connectivity index (χ2v) is 5.49. The number of benzene rings is 1. The van der Waals surface area contributed by atoms with Gasteiger partial charge in [0.15, 0.2) is 0 Å². The Labute approximate surface area is 142 Å². The first-order valence-corrected chi connectivity index (χ1v) is 7.64. The van der Waals surface area contributed by atoms with Gasteiger partial charge in [-0.15, -0.1) is 12.4 Å². The molecule has 1 aliphatic rings. The van der Waals surface area contributed by atoms with Crippen molar-refractivity contribution in [3.05, 3.63) is 24.3 Å². The van der Waals surface area contributed by atoms with Crippen molar-refractivity contribution in [3.63, 3.8) is 0 Å². The van der Waals surface area contributed by atoms with E-state index in [0.717, 1.165) is 18.6 Å². The van der Waals surface area contributed by atoms with Crippen LogP contribution in [-0.2, 0) is 9.59 Å². The van der Waals surface area contributed by atoms with Gasteiger partial charge in [0, 0.05) is 17.6 Å². The molecule has 4 N–H and O–H groups in total. The van der Waals surface area contributed by atoms with E-state index in [9.17, 15) is 9.59 Å². The summed E-state index contributed by atoms with van der Waals surface area (Å²) in [6, 6.07) is 7.21. The van der Waals surface area contributed by atoms with Gasteiger partial charge in [0.05, 0.1) is 13.2 Å². The van der Waals surface area contributed by atoms with E-state index in [4.69, 9.17) is 10.5 Å². The van der Waals surface area contributed by atoms with Crippen molar-refractivity contribution in [1.82, 2.24) is 5.32 Å². The zero-order valence-corrected chi connectivity index (χ0v) is 14.0. The predicted octanol–water partition coefficient (Wildman–Crippen LogP) is 1.69. The summed E-state index contributed by atoms with van der Waals surface area (Å²) in [6.07, 6.45) is 2.37. The maximum atomic E-state index is 11.9. The zero-order valence-electron chi connectivity index (χ0n) is 13.2. The van der Waals surface area contributed by atoms with Gasteiger partial charge in [0.1, 0.15) is 5.75 Å². The molecule has 0 aromatic heterocycles. The number of hydrogen-bond acceptors (Lipinski definition) is 4. The second kappa shape index (κ2) is 9.37. The number of carbonyl (C=O) groups is 2. The van der Waals surface area contributed by atoms with Crippen LogP contribution in [0, 0.1) is 5.92 Å². The predicted molar refractivity (Wildman–Crippen MR) is 91.8 cm³/mol. The Bertz CT molecular complexity index is 522. The van der Waals surface area contributed by atoms with Gasteiger partial charge >= 0.3 is 0 Å². The van der Waals surface area contributed by atoms with Crippen LogP contribution >= 0.6 is 12.4 Å². The molecule has 0 bridgehead atoms. The Morgan fingerprint density at radius 1 is 1.26 bits per heavy atom. The van der Waals surface area contributed by atoms with Crippen molar-refractivity contribution < 1.29 is 14.3 Å². The lowest BCUT2D eigenvalue weighted by molar-refractivity contribution is -0.127. The quantitative estimate of drug-likeness (QED) is 0.734. The fourth-order valence-corrected chi connectivity index (χ4v) is 2.57. The molecule has 1 aliphatic carbocycles. The van der Waals surface area contributed by atoms with Crippen molar-refractivity contribution in [3.8, 4) is 5.75 Å². The highest BCUT2D eigenvalue weighted by atomic mass is 35.5. The minimum atomic E-state index is -0.250. The molecule has 1 saturated carbocycles. The molecule has 1 aromatic rings. The molecule has 1 fully saturated rings. The van der Waals surface area contributed by atoms with Crippen LogP contribution in [0.2, 0.25) is 0 Å². The molecule has 2 amide bonds. The van der Waals surface area contributed by atoms with Crippen LogP contribution in [0.25, 0.3) is 0 Å². The molecule has 2 atom stereocenters. The van der Waals surface area contributed by atoms with E-state index < -0.39 is 0 Å². The minimum Gasteiger partial charge on any atom is -0.494 e. The number of carbonyl (C=O) groups excluding carboxylic acids is 2. The maximum Gasteiger partial charge on any atom is 0.243 e. The standard InChI is InChI=1S/C16H23N3O3.ClH/c1-2-22-14-7-5-13(6-8-14)19-15(20)10-18-16(21)11-3-4-12(17)9-11;/h5-8,11-12H,2-4,9-10,17H2,1H3,(H,18,21)(H,19,20);1H. The van der Waals surface area contributed by atoms with Crippen molar-refractivity contribution in [2.45, 2.75) is 32.2 Å². The summed E-state index contributed by atoms with van der Waals surface area (Å²) >= 11 is 0. The summed E-state index contributed by atoms with van der Waals surface area (Å²) in [6.45, 7) is 2.48. The van der Waals surface area contributed by atoms with E-state index >= 15 is 0 Å². The lowest BCUT2D eigenvalue weighted by Gasteiger charge is -2.11. The molecule has 2 rings (SSSR count). The van der Waals surface area contributed by atoms with E-state index in [1.54, 1.807) is 24.3 Å². The summed E-state index contributed by atoms with van der Waals surface area (Å²) in [4.78, 5) is 23.7. The SMILES string of the molecule is CCOc1ccc(NC(=O)CNC(=O)C2CCC(N)C2)cc1.Cl. The molecular formula is C16H24ClN3O3. The monoisotopic (exact) mass is 341 g/mol. The molecule has 6 nitrogen and oxygen atoms in total. The third-order valence-corrected chi connectivity index (χ3v) is 3.72. The third-order valence-electron chi connectivity index (χ3n) is 3.72. The molecule has 0 radical (unpaired) electrons. The van der Waals surface area contributed by atoms with Crippen molar-refractivity contribution in [2.75, 3.05) is 18.5 Å². The van der Waals surface area contributed by atoms with Gasteiger partial charge in [-0.25, -0.2) is 0 Å². The fraction of sp³-hybridized carbons (Fsp3) is 0.500. The lowest BCUT2D eigenvalue weighted by atomic mass is 10.1. The van der Waals surface area contributed by atoms with Gasteiger partial charge in [0.2, 0.25) is 11.8 Å². The Morgan fingerprint density at radius 2 is 1.96 bits per heavy atom. The van der Waals surface area contributed by atoms with Gasteiger partial charge < -0.3 is 21.1 Å². The van der Waals surface area contributed by atoms with Crippen molar-refractivity contribution >= 4 is 29.9 Å². The Kier molecular flexibility index (Phi) is 7.85. The smallest absolute Gasteiger partial charge is 0.243 e. The van der Waals surface area contributed by atoms with E-state index in [2.05, 4.69) is 10.6 Å². The molecule has 0 saturated heterocycles. The van der Waals surface area contributed by atoms with E-state index in [0.29, 0.717) is 18.7 Å². The van der Waals surface area contributed by atoms with Crippen molar-refractivity contribution in [2.24, 2.45) is 11.7 Å². The Morgan fingerprint density at radius 3 is 2.52 bits per heavy atom. The summed E-state index contributed by atoms with van der Waals surface area (Å²) < 4.78 is 5.33. The van der Waals surface area contributed by atoms with Gasteiger partial charge in [-0.3, -0.25) is 9.59 Å². The van der Waals surface area contributed by atoms with E-state index in [-0.39, 0.29) is 42.7 Å². The average Bonchev–Trinajstić information content (AvgIpc) is 2.94. The molecule has 0 heterocycles. The average molecular weight is 342 g/mol. The summed E-state index contributed by atoms with van der Waals surface area (Å²) in [7, 11) is 0.